The summed E-state index contributed by atoms with van der Waals surface area (Å²) in [6.07, 6.45) is 0.527. The average molecular weight is 314 g/mol. The number of nitrogens with zero attached hydrogens (tertiary/aromatic N) is 1. The number of rotatable bonds is 5. The topological polar surface area (TPSA) is 73.8 Å². The number of benzene rings is 1. The van der Waals surface area contributed by atoms with E-state index < -0.39 is 0 Å². The molecule has 0 unspecified atom stereocenters. The third-order valence-electron chi connectivity index (χ3n) is 3.18. The van der Waals surface area contributed by atoms with Crippen LogP contribution in [0, 0.1) is 0 Å². The maximum Gasteiger partial charge on any atom is 0.319 e. The molecule has 0 saturated carbocycles. The molecule has 7 heteroatoms. The van der Waals surface area contributed by atoms with Crippen molar-refractivity contribution in [1.29, 1.82) is 0 Å². The van der Waals surface area contributed by atoms with Crippen LogP contribution in [0.1, 0.15) is 6.42 Å². The Balaban J connectivity index is 2.05. The Bertz CT molecular complexity index is 479. The van der Waals surface area contributed by atoms with Crippen LogP contribution in [0.2, 0.25) is 5.02 Å². The van der Waals surface area contributed by atoms with E-state index in [1.165, 1.54) is 0 Å². The second-order valence-corrected chi connectivity index (χ2v) is 5.16. The number of hydrogen-bond donors (Lipinski definition) is 3. The highest BCUT2D eigenvalue weighted by Gasteiger charge is 2.16. The van der Waals surface area contributed by atoms with Crippen molar-refractivity contribution in [2.45, 2.75) is 6.42 Å². The smallest absolute Gasteiger partial charge is 0.319 e. The Labute approximate surface area is 129 Å². The van der Waals surface area contributed by atoms with Crippen molar-refractivity contribution in [2.75, 3.05) is 49.7 Å². The highest BCUT2D eigenvalue weighted by molar-refractivity contribution is 6.31. The van der Waals surface area contributed by atoms with Crippen LogP contribution < -0.4 is 15.5 Å². The molecule has 0 spiro atoms. The number of amides is 2. The second-order valence-electron chi connectivity index (χ2n) is 4.72. The van der Waals surface area contributed by atoms with Gasteiger partial charge in [0.05, 0.1) is 24.6 Å². The Kier molecular flexibility index (Phi) is 6.10. The summed E-state index contributed by atoms with van der Waals surface area (Å²) in [7, 11) is 0. The van der Waals surface area contributed by atoms with Gasteiger partial charge in [-0.15, -0.1) is 0 Å². The molecule has 0 radical (unpaired) electrons. The number of hydrogen-bond acceptors (Lipinski definition) is 4. The fraction of sp³-hybridized carbons (Fsp3) is 0.500. The number of anilines is 2. The van der Waals surface area contributed by atoms with E-state index in [-0.39, 0.29) is 12.6 Å². The summed E-state index contributed by atoms with van der Waals surface area (Å²) in [5, 5.41) is 14.8. The molecule has 0 aromatic heterocycles. The van der Waals surface area contributed by atoms with Crippen molar-refractivity contribution < 1.29 is 14.6 Å². The van der Waals surface area contributed by atoms with Gasteiger partial charge in [-0.2, -0.15) is 0 Å². The van der Waals surface area contributed by atoms with E-state index in [1.807, 2.05) is 6.07 Å². The third kappa shape index (κ3) is 4.77. The standard InChI is InChI=1S/C14H20ClN3O3/c15-11-2-3-13(18-5-8-21-9-6-18)12(10-11)17-14(20)16-4-1-7-19/h2-3,10,19H,1,4-9H2,(H2,16,17,20). The van der Waals surface area contributed by atoms with E-state index >= 15 is 0 Å². The van der Waals surface area contributed by atoms with Crippen molar-refractivity contribution in [2.24, 2.45) is 0 Å². The minimum atomic E-state index is -0.305. The van der Waals surface area contributed by atoms with Crippen LogP contribution in [-0.2, 0) is 4.74 Å². The summed E-state index contributed by atoms with van der Waals surface area (Å²) in [5.41, 5.74) is 1.60. The van der Waals surface area contributed by atoms with Crippen LogP contribution in [-0.4, -0.2) is 50.6 Å². The van der Waals surface area contributed by atoms with Crippen LogP contribution >= 0.6 is 11.6 Å². The van der Waals surface area contributed by atoms with Crippen LogP contribution in [0.25, 0.3) is 0 Å². The number of nitrogens with one attached hydrogen (secondary N) is 2. The summed E-state index contributed by atoms with van der Waals surface area (Å²) in [4.78, 5) is 14.0. The molecule has 0 bridgehead atoms. The summed E-state index contributed by atoms with van der Waals surface area (Å²) in [6, 6.07) is 5.14. The number of carbonyl (C=O) groups is 1. The zero-order valence-electron chi connectivity index (χ0n) is 11.8. The fourth-order valence-corrected chi connectivity index (χ4v) is 2.31. The largest absolute Gasteiger partial charge is 0.396 e. The van der Waals surface area contributed by atoms with Crippen LogP contribution in [0.3, 0.4) is 0 Å². The zero-order chi connectivity index (χ0) is 15.1. The normalized spacial score (nSPS) is 14.9. The van der Waals surface area contributed by atoms with Crippen LogP contribution in [0.15, 0.2) is 18.2 Å². The summed E-state index contributed by atoms with van der Waals surface area (Å²) in [5.74, 6) is 0. The highest BCUT2D eigenvalue weighted by Crippen LogP contribution is 2.29. The lowest BCUT2D eigenvalue weighted by atomic mass is 10.2. The Hall–Kier alpha value is -1.50. The molecule has 0 aliphatic carbocycles. The van der Waals surface area contributed by atoms with E-state index in [1.54, 1.807) is 12.1 Å². The number of ether oxygens (including phenoxy) is 1. The number of carbonyl (C=O) groups excluding carboxylic acids is 1. The first-order valence-corrected chi connectivity index (χ1v) is 7.36. The van der Waals surface area contributed by atoms with Gasteiger partial charge in [-0.3, -0.25) is 0 Å². The van der Waals surface area contributed by atoms with Gasteiger partial charge in [-0.05, 0) is 24.6 Å². The first kappa shape index (κ1) is 15.9. The Morgan fingerprint density at radius 2 is 2.14 bits per heavy atom. The lowest BCUT2D eigenvalue weighted by Crippen LogP contribution is -2.37. The maximum atomic E-state index is 11.8. The number of halogens is 1. The van der Waals surface area contributed by atoms with Gasteiger partial charge in [0.1, 0.15) is 0 Å². The lowest BCUT2D eigenvalue weighted by Gasteiger charge is -2.30. The SMILES string of the molecule is O=C(NCCCO)Nc1cc(Cl)ccc1N1CCOCC1. The van der Waals surface area contributed by atoms with Crippen molar-refractivity contribution in [1.82, 2.24) is 5.32 Å². The van der Waals surface area contributed by atoms with Crippen molar-refractivity contribution in [3.8, 4) is 0 Å². The first-order valence-electron chi connectivity index (χ1n) is 6.98. The van der Waals surface area contributed by atoms with E-state index in [9.17, 15) is 4.79 Å². The molecule has 1 fully saturated rings. The van der Waals surface area contributed by atoms with Gasteiger partial charge in [-0.1, -0.05) is 11.6 Å². The van der Waals surface area contributed by atoms with Crippen molar-refractivity contribution >= 4 is 29.0 Å². The van der Waals surface area contributed by atoms with Crippen molar-refractivity contribution in [3.05, 3.63) is 23.2 Å². The summed E-state index contributed by atoms with van der Waals surface area (Å²) < 4.78 is 5.34. The molecule has 1 heterocycles. The third-order valence-corrected chi connectivity index (χ3v) is 3.41. The quantitative estimate of drug-likeness (QED) is 0.723. The van der Waals surface area contributed by atoms with Gasteiger partial charge in [0.2, 0.25) is 0 Å². The van der Waals surface area contributed by atoms with E-state index in [2.05, 4.69) is 15.5 Å². The molecule has 1 aliphatic heterocycles. The van der Waals surface area contributed by atoms with Crippen LogP contribution in [0.4, 0.5) is 16.2 Å². The Morgan fingerprint density at radius 3 is 2.86 bits per heavy atom. The number of urea groups is 1. The Morgan fingerprint density at radius 1 is 1.38 bits per heavy atom. The average Bonchev–Trinajstić information content (AvgIpc) is 2.48. The van der Waals surface area contributed by atoms with Gasteiger partial charge in [0, 0.05) is 31.3 Å². The molecule has 2 rings (SSSR count). The number of aliphatic hydroxyl groups is 1. The van der Waals surface area contributed by atoms with E-state index in [0.717, 1.165) is 18.8 Å². The molecule has 3 N–H and O–H groups in total. The number of aliphatic hydroxyl groups excluding tert-OH is 1. The molecule has 116 valence electrons. The van der Waals surface area contributed by atoms with E-state index in [4.69, 9.17) is 21.4 Å². The van der Waals surface area contributed by atoms with Crippen molar-refractivity contribution in [3.63, 3.8) is 0 Å². The molecule has 1 saturated heterocycles. The molecular weight excluding hydrogens is 294 g/mol. The first-order chi connectivity index (χ1) is 10.2. The lowest BCUT2D eigenvalue weighted by molar-refractivity contribution is 0.123. The summed E-state index contributed by atoms with van der Waals surface area (Å²) >= 11 is 6.02. The van der Waals surface area contributed by atoms with Gasteiger partial charge < -0.3 is 25.4 Å². The highest BCUT2D eigenvalue weighted by atomic mass is 35.5. The molecule has 1 aromatic carbocycles. The second kappa shape index (κ2) is 8.07. The molecule has 0 atom stereocenters. The minimum absolute atomic E-state index is 0.0521. The van der Waals surface area contributed by atoms with E-state index in [0.29, 0.717) is 36.9 Å². The molecule has 1 aliphatic rings. The predicted molar refractivity (Wildman–Crippen MR) is 83.2 cm³/mol. The van der Waals surface area contributed by atoms with Gasteiger partial charge in [0.25, 0.3) is 0 Å². The molecule has 2 amide bonds. The summed E-state index contributed by atoms with van der Waals surface area (Å²) in [6.45, 7) is 3.38. The van der Waals surface area contributed by atoms with Gasteiger partial charge in [-0.25, -0.2) is 4.79 Å². The minimum Gasteiger partial charge on any atom is -0.396 e. The number of morpholine rings is 1. The fourth-order valence-electron chi connectivity index (χ4n) is 2.14. The van der Waals surface area contributed by atoms with Gasteiger partial charge in [0.15, 0.2) is 0 Å². The van der Waals surface area contributed by atoms with Crippen LogP contribution in [0.5, 0.6) is 0 Å². The molecule has 21 heavy (non-hydrogen) atoms. The molecule has 1 aromatic rings. The monoisotopic (exact) mass is 313 g/mol. The molecule has 6 nitrogen and oxygen atoms in total. The van der Waals surface area contributed by atoms with Gasteiger partial charge >= 0.3 is 6.03 Å². The predicted octanol–water partition coefficient (Wildman–Crippen LogP) is 1.68. The zero-order valence-corrected chi connectivity index (χ0v) is 12.5. The maximum absolute atomic E-state index is 11.8. The molecular formula is C14H20ClN3O3.